The fraction of sp³-hybridized carbons (Fsp3) is 1.00. The highest BCUT2D eigenvalue weighted by molar-refractivity contribution is 7.47. The highest BCUT2D eigenvalue weighted by Gasteiger charge is 2.27. The second-order valence-electron chi connectivity index (χ2n) is 19.6. The predicted molar refractivity (Wildman–Crippen MR) is 243 cm³/mol. The predicted octanol–water partition coefficient (Wildman–Crippen LogP) is 12.9. The van der Waals surface area contributed by atoms with Crippen molar-refractivity contribution in [2.24, 2.45) is 47.3 Å². The Morgan fingerprint density at radius 2 is 0.729 bits per heavy atom. The number of hydrogen-bond acceptors (Lipinski definition) is 8. The smallest absolute Gasteiger partial charge is 0.388 e. The van der Waals surface area contributed by atoms with Crippen molar-refractivity contribution in [1.29, 1.82) is 0 Å². The molecule has 1 unspecified atom stereocenters. The van der Waals surface area contributed by atoms with Crippen molar-refractivity contribution in [3.8, 4) is 0 Å². The number of hydrogen-bond donors (Lipinski definition) is 4. The average Bonchev–Trinajstić information content (AvgIpc) is 3.13. The number of aliphatic hydroxyl groups excluding tert-OH is 1. The number of rotatable bonds is 42. The van der Waals surface area contributed by atoms with Gasteiger partial charge in [0.25, 0.3) is 0 Å². The van der Waals surface area contributed by atoms with Crippen molar-refractivity contribution in [2.75, 3.05) is 39.6 Å². The first-order chi connectivity index (χ1) is 27.7. The fourth-order valence-corrected chi connectivity index (χ4v) is 8.74. The van der Waals surface area contributed by atoms with Gasteiger partial charge in [0.05, 0.1) is 26.4 Å². The molecule has 0 amide bonds. The van der Waals surface area contributed by atoms with Gasteiger partial charge in [-0.25, -0.2) is 9.13 Å². The second kappa shape index (κ2) is 35.4. The van der Waals surface area contributed by atoms with Crippen LogP contribution in [-0.4, -0.2) is 71.6 Å². The molecule has 0 radical (unpaired) electrons. The van der Waals surface area contributed by atoms with E-state index in [9.17, 15) is 19.1 Å². The zero-order chi connectivity index (χ0) is 44.7. The van der Waals surface area contributed by atoms with E-state index in [4.69, 9.17) is 28.3 Å². The summed E-state index contributed by atoms with van der Waals surface area (Å²) in [5.41, 5.74) is 0. The number of ether oxygens (including phenoxy) is 2. The molecule has 11 nitrogen and oxygen atoms in total. The van der Waals surface area contributed by atoms with E-state index in [0.717, 1.165) is 61.2 Å². The van der Waals surface area contributed by atoms with Crippen LogP contribution in [0.25, 0.3) is 0 Å². The standard InChI is InChI=1S/C46H96O11P2/c1-37(2)17-11-19-39(5)21-13-23-41(7)25-15-27-43(9)29-31-53-35-46(36-57-59(51,52)56-34-45(47)33-55-58(48,49)50)54-32-30-44(10)28-16-26-42(8)24-14-22-40(6)20-12-18-38(3)4/h37-47H,11-36H2,1-10H3,(H,51,52)(H2,48,49,50)/t39-,40-,41+,42+,43-,44-,45-,46+/m0/s1. The summed E-state index contributed by atoms with van der Waals surface area (Å²) < 4.78 is 49.9. The van der Waals surface area contributed by atoms with Crippen LogP contribution in [0.1, 0.15) is 198 Å². The molecular weight excluding hydrogens is 790 g/mol. The van der Waals surface area contributed by atoms with Crippen LogP contribution >= 0.6 is 15.6 Å². The summed E-state index contributed by atoms with van der Waals surface area (Å²) in [7, 11) is -9.41. The normalized spacial score (nSPS) is 17.8. The minimum Gasteiger partial charge on any atom is -0.388 e. The SMILES string of the molecule is CC(C)CCC[C@H](C)CCC[C@@H](C)CCC[C@H](C)CCOC[C@H](COP(=O)(O)OC[C@@H](O)COP(=O)(O)O)OCC[C@@H](C)CCC[C@H](C)CCC[C@@H](C)CCCC(C)C. The highest BCUT2D eigenvalue weighted by atomic mass is 31.2. The molecule has 356 valence electrons. The van der Waals surface area contributed by atoms with Crippen LogP contribution in [0.3, 0.4) is 0 Å². The number of phosphoric acid groups is 2. The Labute approximate surface area is 363 Å². The van der Waals surface area contributed by atoms with Gasteiger partial charge >= 0.3 is 15.6 Å². The van der Waals surface area contributed by atoms with Gasteiger partial charge in [-0.3, -0.25) is 13.6 Å². The lowest BCUT2D eigenvalue weighted by molar-refractivity contribution is -0.0492. The van der Waals surface area contributed by atoms with Crippen LogP contribution in [0.2, 0.25) is 0 Å². The molecule has 0 aliphatic heterocycles. The van der Waals surface area contributed by atoms with Gasteiger partial charge in [-0.2, -0.15) is 0 Å². The molecule has 4 N–H and O–H groups in total. The first-order valence-corrected chi connectivity index (χ1v) is 26.9. The van der Waals surface area contributed by atoms with Gasteiger partial charge in [0.2, 0.25) is 0 Å². The van der Waals surface area contributed by atoms with Crippen LogP contribution in [0.4, 0.5) is 0 Å². The van der Waals surface area contributed by atoms with Crippen LogP contribution in [0, 0.1) is 47.3 Å². The molecular formula is C46H96O11P2. The minimum atomic E-state index is -4.80. The molecule has 0 aromatic carbocycles. The zero-order valence-electron chi connectivity index (χ0n) is 39.7. The van der Waals surface area contributed by atoms with Crippen LogP contribution in [0.15, 0.2) is 0 Å². The number of phosphoric ester groups is 2. The Balaban J connectivity index is 4.69. The van der Waals surface area contributed by atoms with E-state index in [-0.39, 0.29) is 13.2 Å². The van der Waals surface area contributed by atoms with E-state index in [2.05, 4.69) is 73.8 Å². The van der Waals surface area contributed by atoms with Gasteiger partial charge in [0.15, 0.2) is 0 Å². The summed E-state index contributed by atoms with van der Waals surface area (Å²) in [6.45, 7) is 22.8. The first kappa shape index (κ1) is 59.1. The maximum atomic E-state index is 12.6. The zero-order valence-corrected chi connectivity index (χ0v) is 41.5. The van der Waals surface area contributed by atoms with Gasteiger partial charge in [-0.15, -0.1) is 0 Å². The third-order valence-corrected chi connectivity index (χ3v) is 13.3. The molecule has 0 spiro atoms. The topological polar surface area (TPSA) is 161 Å². The molecule has 13 heteroatoms. The third kappa shape index (κ3) is 40.6. The molecule has 0 aromatic rings. The van der Waals surface area contributed by atoms with E-state index < -0.39 is 41.1 Å². The molecule has 0 rings (SSSR count). The van der Waals surface area contributed by atoms with Crippen molar-refractivity contribution in [1.82, 2.24) is 0 Å². The summed E-state index contributed by atoms with van der Waals surface area (Å²) in [4.78, 5) is 27.8. The summed E-state index contributed by atoms with van der Waals surface area (Å²) in [6.07, 6.45) is 22.8. The van der Waals surface area contributed by atoms with Gasteiger partial charge in [-0.1, -0.05) is 185 Å². The quantitative estimate of drug-likeness (QED) is 0.0341. The molecule has 59 heavy (non-hydrogen) atoms. The van der Waals surface area contributed by atoms with Gasteiger partial charge < -0.3 is 29.3 Å². The van der Waals surface area contributed by atoms with Crippen LogP contribution in [0.5, 0.6) is 0 Å². The van der Waals surface area contributed by atoms with Crippen LogP contribution in [-0.2, 0) is 32.2 Å². The lowest BCUT2D eigenvalue weighted by Gasteiger charge is -2.22. The highest BCUT2D eigenvalue weighted by Crippen LogP contribution is 2.44. The molecule has 0 fully saturated rings. The first-order valence-electron chi connectivity index (χ1n) is 23.9. The van der Waals surface area contributed by atoms with Crippen molar-refractivity contribution < 1.29 is 52.0 Å². The minimum absolute atomic E-state index is 0.195. The molecule has 0 saturated heterocycles. The van der Waals surface area contributed by atoms with Gasteiger partial charge in [-0.05, 0) is 60.2 Å². The molecule has 0 aliphatic rings. The molecule has 0 heterocycles. The van der Waals surface area contributed by atoms with Crippen molar-refractivity contribution in [3.05, 3.63) is 0 Å². The Morgan fingerprint density at radius 1 is 0.407 bits per heavy atom. The Bertz CT molecular complexity index is 1060. The molecule has 0 aliphatic carbocycles. The Kier molecular flexibility index (Phi) is 35.5. The maximum absolute atomic E-state index is 12.6. The maximum Gasteiger partial charge on any atom is 0.472 e. The molecule has 0 saturated carbocycles. The molecule has 0 bridgehead atoms. The van der Waals surface area contributed by atoms with Crippen molar-refractivity contribution in [2.45, 2.75) is 210 Å². The largest absolute Gasteiger partial charge is 0.472 e. The Morgan fingerprint density at radius 3 is 1.10 bits per heavy atom. The lowest BCUT2D eigenvalue weighted by atomic mass is 9.91. The van der Waals surface area contributed by atoms with Crippen LogP contribution < -0.4 is 0 Å². The summed E-state index contributed by atoms with van der Waals surface area (Å²) in [6, 6.07) is 0. The van der Waals surface area contributed by atoms with E-state index in [0.29, 0.717) is 25.0 Å². The van der Waals surface area contributed by atoms with E-state index in [1.54, 1.807) is 0 Å². The van der Waals surface area contributed by atoms with Crippen molar-refractivity contribution in [3.63, 3.8) is 0 Å². The monoisotopic (exact) mass is 887 g/mol. The summed E-state index contributed by atoms with van der Waals surface area (Å²) in [5, 5.41) is 9.84. The van der Waals surface area contributed by atoms with Crippen molar-refractivity contribution >= 4 is 15.6 Å². The van der Waals surface area contributed by atoms with Gasteiger partial charge in [0.1, 0.15) is 12.2 Å². The molecule has 0 aromatic heterocycles. The summed E-state index contributed by atoms with van der Waals surface area (Å²) in [5.74, 6) is 5.73. The fourth-order valence-electron chi connectivity index (χ4n) is 7.58. The van der Waals surface area contributed by atoms with Gasteiger partial charge in [0, 0.05) is 13.2 Å². The van der Waals surface area contributed by atoms with E-state index in [1.807, 2.05) is 0 Å². The lowest BCUT2D eigenvalue weighted by Crippen LogP contribution is -2.27. The van der Waals surface area contributed by atoms with E-state index >= 15 is 0 Å². The average molecular weight is 887 g/mol. The summed E-state index contributed by atoms with van der Waals surface area (Å²) >= 11 is 0. The third-order valence-electron chi connectivity index (χ3n) is 11.8. The van der Waals surface area contributed by atoms with E-state index in [1.165, 1.54) is 103 Å². The second-order valence-corrected chi connectivity index (χ2v) is 22.3. The Hall–Kier alpha value is 0.1000. The number of aliphatic hydroxyl groups is 1. The molecule has 9 atom stereocenters.